The van der Waals surface area contributed by atoms with Crippen LogP contribution in [0.4, 0.5) is 0 Å². The van der Waals surface area contributed by atoms with E-state index in [1.807, 2.05) is 45.1 Å². The maximum absolute atomic E-state index is 13.6. The monoisotopic (exact) mass is 453 g/mol. The van der Waals surface area contributed by atoms with E-state index >= 15 is 0 Å². The average Bonchev–Trinajstić information content (AvgIpc) is 2.79. The zero-order valence-electron chi connectivity index (χ0n) is 20.5. The molecule has 1 unspecified atom stereocenters. The predicted octanol–water partition coefficient (Wildman–Crippen LogP) is 5.27. The lowest BCUT2D eigenvalue weighted by Crippen LogP contribution is -2.53. The molecule has 5 nitrogen and oxygen atoms in total. The third-order valence-electron chi connectivity index (χ3n) is 7.43. The van der Waals surface area contributed by atoms with Gasteiger partial charge in [-0.05, 0) is 76.6 Å². The molecule has 3 saturated heterocycles. The first-order valence-corrected chi connectivity index (χ1v) is 12.7. The number of carbonyl (C=O) groups excluding carboxylic acids is 2. The van der Waals surface area contributed by atoms with Crippen LogP contribution >= 0.6 is 0 Å². The van der Waals surface area contributed by atoms with Gasteiger partial charge < -0.3 is 9.47 Å². The molecular formula is C28H39NO4. The number of benzene rings is 1. The maximum Gasteiger partial charge on any atom is 0.316 e. The molecule has 0 spiro atoms. The van der Waals surface area contributed by atoms with Crippen LogP contribution in [-0.2, 0) is 24.5 Å². The van der Waals surface area contributed by atoms with E-state index in [9.17, 15) is 9.59 Å². The predicted molar refractivity (Wildman–Crippen MR) is 130 cm³/mol. The van der Waals surface area contributed by atoms with Gasteiger partial charge in [-0.1, -0.05) is 55.7 Å². The quantitative estimate of drug-likeness (QED) is 0.549. The Morgan fingerprint density at radius 2 is 1.73 bits per heavy atom. The highest BCUT2D eigenvalue weighted by Crippen LogP contribution is 2.42. The van der Waals surface area contributed by atoms with Crippen molar-refractivity contribution < 1.29 is 19.1 Å². The third kappa shape index (κ3) is 5.87. The fourth-order valence-corrected chi connectivity index (χ4v) is 5.65. The van der Waals surface area contributed by atoms with E-state index in [0.29, 0.717) is 5.92 Å². The number of ether oxygens (including phenoxy) is 2. The number of hydrogen-bond acceptors (Lipinski definition) is 5. The van der Waals surface area contributed by atoms with Crippen molar-refractivity contribution in [2.75, 3.05) is 19.6 Å². The average molecular weight is 454 g/mol. The van der Waals surface area contributed by atoms with Gasteiger partial charge in [0.05, 0.1) is 11.8 Å². The Balaban J connectivity index is 1.43. The highest BCUT2D eigenvalue weighted by atomic mass is 16.6. The van der Waals surface area contributed by atoms with Crippen LogP contribution < -0.4 is 0 Å². The molecule has 4 fully saturated rings. The highest BCUT2D eigenvalue weighted by molar-refractivity contribution is 5.84. The number of rotatable bonds is 6. The third-order valence-corrected chi connectivity index (χ3v) is 7.43. The van der Waals surface area contributed by atoms with E-state index in [-0.39, 0.29) is 24.5 Å². The molecule has 2 bridgehead atoms. The number of carbonyl (C=O) groups is 2. The Morgan fingerprint density at radius 1 is 1.06 bits per heavy atom. The van der Waals surface area contributed by atoms with Crippen molar-refractivity contribution in [2.24, 2.45) is 5.92 Å². The van der Waals surface area contributed by atoms with Crippen LogP contribution in [0.5, 0.6) is 0 Å². The number of hydrogen-bond donors (Lipinski definition) is 0. The molecule has 0 N–H and O–H groups in total. The topological polar surface area (TPSA) is 55.8 Å². The van der Waals surface area contributed by atoms with Crippen LogP contribution in [0.3, 0.4) is 0 Å². The standard InChI is InChI=1S/C28H39NO4/c1-27(2,3)33-25(30)9-7-8-21-10-12-23(13-11-21)28(16-5-4-6-17-28)26(31)32-24-20-29-18-14-22(24)15-19-29/h7-8,10-13,22,24H,4-6,9,14-20H2,1-3H3/b8-7+. The van der Waals surface area contributed by atoms with Gasteiger partial charge in [-0.3, -0.25) is 14.5 Å². The van der Waals surface area contributed by atoms with Gasteiger partial charge in [0.2, 0.25) is 0 Å². The normalized spacial score (nSPS) is 26.8. The first-order chi connectivity index (χ1) is 15.7. The van der Waals surface area contributed by atoms with E-state index in [2.05, 4.69) is 17.0 Å². The lowest BCUT2D eigenvalue weighted by atomic mass is 9.69. The van der Waals surface area contributed by atoms with Gasteiger partial charge >= 0.3 is 11.9 Å². The highest BCUT2D eigenvalue weighted by Gasteiger charge is 2.45. The molecular weight excluding hydrogens is 414 g/mol. The first-order valence-electron chi connectivity index (χ1n) is 12.7. The van der Waals surface area contributed by atoms with Crippen LogP contribution in [0, 0.1) is 5.92 Å². The molecule has 1 aromatic carbocycles. The molecule has 5 rings (SSSR count). The Bertz CT molecular complexity index is 853. The van der Waals surface area contributed by atoms with Gasteiger partial charge in [-0.2, -0.15) is 0 Å². The van der Waals surface area contributed by atoms with Crippen molar-refractivity contribution in [3.63, 3.8) is 0 Å². The molecule has 0 radical (unpaired) electrons. The second-order valence-corrected chi connectivity index (χ2v) is 11.0. The van der Waals surface area contributed by atoms with E-state index in [1.54, 1.807) is 0 Å². The van der Waals surface area contributed by atoms with Crippen molar-refractivity contribution in [1.29, 1.82) is 0 Å². The Labute approximate surface area is 198 Å². The fraction of sp³-hybridized carbons (Fsp3) is 0.643. The largest absolute Gasteiger partial charge is 0.460 e. The number of esters is 2. The summed E-state index contributed by atoms with van der Waals surface area (Å²) in [6.45, 7) is 8.80. The summed E-state index contributed by atoms with van der Waals surface area (Å²) >= 11 is 0. The molecule has 5 heteroatoms. The Morgan fingerprint density at radius 3 is 2.30 bits per heavy atom. The summed E-state index contributed by atoms with van der Waals surface area (Å²) in [4.78, 5) is 27.9. The zero-order valence-corrected chi connectivity index (χ0v) is 20.5. The van der Waals surface area contributed by atoms with Gasteiger partial charge in [-0.15, -0.1) is 0 Å². The molecule has 3 heterocycles. The van der Waals surface area contributed by atoms with Crippen LogP contribution in [-0.4, -0.2) is 48.2 Å². The SMILES string of the molecule is CC(C)(C)OC(=O)C/C=C/c1ccc(C2(C(=O)OC3CN4CCC3CC4)CCCCC2)cc1. The van der Waals surface area contributed by atoms with Crippen molar-refractivity contribution in [3.05, 3.63) is 41.5 Å². The van der Waals surface area contributed by atoms with Crippen LogP contribution in [0.1, 0.15) is 83.3 Å². The molecule has 1 aromatic rings. The van der Waals surface area contributed by atoms with Crippen molar-refractivity contribution in [3.8, 4) is 0 Å². The maximum atomic E-state index is 13.6. The lowest BCUT2D eigenvalue weighted by molar-refractivity contribution is -0.167. The van der Waals surface area contributed by atoms with Gasteiger partial charge in [-0.25, -0.2) is 0 Å². The van der Waals surface area contributed by atoms with Crippen LogP contribution in [0.2, 0.25) is 0 Å². The van der Waals surface area contributed by atoms with Crippen LogP contribution in [0.25, 0.3) is 6.08 Å². The first kappa shape index (κ1) is 24.0. The molecule has 180 valence electrons. The number of piperidine rings is 3. The van der Waals surface area contributed by atoms with Gasteiger partial charge in [0.15, 0.2) is 0 Å². The second kappa shape index (κ2) is 10.0. The summed E-state index contributed by atoms with van der Waals surface area (Å²) in [5.41, 5.74) is 1.09. The Hall–Kier alpha value is -2.14. The summed E-state index contributed by atoms with van der Waals surface area (Å²) in [6.07, 6.45) is 11.4. The minimum Gasteiger partial charge on any atom is -0.460 e. The van der Waals surface area contributed by atoms with E-state index < -0.39 is 11.0 Å². The van der Waals surface area contributed by atoms with E-state index in [4.69, 9.17) is 9.47 Å². The van der Waals surface area contributed by atoms with Gasteiger partial charge in [0, 0.05) is 6.54 Å². The number of nitrogens with zero attached hydrogens (tertiary/aromatic N) is 1. The summed E-state index contributed by atoms with van der Waals surface area (Å²) in [7, 11) is 0. The summed E-state index contributed by atoms with van der Waals surface area (Å²) in [6, 6.07) is 8.24. The van der Waals surface area contributed by atoms with Crippen molar-refractivity contribution in [1.82, 2.24) is 4.90 Å². The smallest absolute Gasteiger partial charge is 0.316 e. The van der Waals surface area contributed by atoms with Crippen molar-refractivity contribution >= 4 is 18.0 Å². The van der Waals surface area contributed by atoms with Gasteiger partial charge in [0.25, 0.3) is 0 Å². The molecule has 0 aromatic heterocycles. The van der Waals surface area contributed by atoms with Crippen molar-refractivity contribution in [2.45, 2.75) is 89.3 Å². The second-order valence-electron chi connectivity index (χ2n) is 11.0. The molecule has 1 aliphatic carbocycles. The summed E-state index contributed by atoms with van der Waals surface area (Å²) in [5, 5.41) is 0. The summed E-state index contributed by atoms with van der Waals surface area (Å²) in [5.74, 6) is 0.276. The molecule has 1 atom stereocenters. The van der Waals surface area contributed by atoms with Gasteiger partial charge in [0.1, 0.15) is 11.7 Å². The fourth-order valence-electron chi connectivity index (χ4n) is 5.65. The minimum atomic E-state index is -0.525. The lowest BCUT2D eigenvalue weighted by Gasteiger charge is -2.45. The van der Waals surface area contributed by atoms with E-state index in [1.165, 1.54) is 6.42 Å². The number of fused-ring (bicyclic) bond motifs is 3. The van der Waals surface area contributed by atoms with Crippen LogP contribution in [0.15, 0.2) is 30.3 Å². The Kier molecular flexibility index (Phi) is 7.28. The molecule has 33 heavy (non-hydrogen) atoms. The molecule has 1 saturated carbocycles. The van der Waals surface area contributed by atoms with E-state index in [0.717, 1.165) is 69.3 Å². The molecule has 0 amide bonds. The minimum absolute atomic E-state index is 0.0193. The summed E-state index contributed by atoms with van der Waals surface area (Å²) < 4.78 is 11.6. The zero-order chi connectivity index (χ0) is 23.5. The molecule has 4 aliphatic rings. The molecule has 3 aliphatic heterocycles.